The van der Waals surface area contributed by atoms with Gasteiger partial charge in [-0.2, -0.15) is 13.2 Å². The molecular formula is C28H30F3NO2. The summed E-state index contributed by atoms with van der Waals surface area (Å²) in [6.07, 6.45) is -2.64. The van der Waals surface area contributed by atoms with Crippen LogP contribution in [-0.4, -0.2) is 24.8 Å². The third-order valence-electron chi connectivity index (χ3n) is 6.74. The van der Waals surface area contributed by atoms with Crippen molar-refractivity contribution in [3.63, 3.8) is 0 Å². The number of nitrogens with one attached hydrogen (secondary N) is 1. The molecule has 2 N–H and O–H groups in total. The highest BCUT2D eigenvalue weighted by Crippen LogP contribution is 2.37. The number of piperidine rings is 1. The van der Waals surface area contributed by atoms with Crippen LogP contribution in [0.5, 0.6) is 5.75 Å². The van der Waals surface area contributed by atoms with E-state index in [9.17, 15) is 18.3 Å². The molecule has 0 unspecified atom stereocenters. The Hall–Kier alpha value is -2.83. The predicted octanol–water partition coefficient (Wildman–Crippen LogP) is 6.53. The summed E-state index contributed by atoms with van der Waals surface area (Å²) in [7, 11) is 0. The highest BCUT2D eigenvalue weighted by atomic mass is 19.4. The van der Waals surface area contributed by atoms with E-state index >= 15 is 0 Å². The highest BCUT2D eigenvalue weighted by Gasteiger charge is 2.34. The Morgan fingerprint density at radius 3 is 2.15 bits per heavy atom. The lowest BCUT2D eigenvalue weighted by Gasteiger charge is -2.38. The Morgan fingerprint density at radius 1 is 0.912 bits per heavy atom. The van der Waals surface area contributed by atoms with Crippen molar-refractivity contribution in [1.29, 1.82) is 0 Å². The SMILES string of the molecule is Cc1cc(-c2cc(COCC3(c4ccccc4)CCNCC3)cc(C(F)(F)F)c2)cc(C)c1O. The third kappa shape index (κ3) is 5.29. The Labute approximate surface area is 198 Å². The standard InChI is InChI=1S/C28H30F3NO2/c1-19-12-22(13-20(2)26(19)33)23-14-21(15-25(16-23)28(29,30)31)17-34-18-27(8-10-32-11-9-27)24-6-4-3-5-7-24/h3-7,12-16,32-33H,8-11,17-18H2,1-2H3. The van der Waals surface area contributed by atoms with Gasteiger partial charge in [-0.05, 0) is 103 Å². The summed E-state index contributed by atoms with van der Waals surface area (Å²) >= 11 is 0. The number of alkyl halides is 3. The lowest BCUT2D eigenvalue weighted by atomic mass is 9.74. The van der Waals surface area contributed by atoms with Gasteiger partial charge in [0.05, 0.1) is 18.8 Å². The summed E-state index contributed by atoms with van der Waals surface area (Å²) in [5.74, 6) is 0.160. The summed E-state index contributed by atoms with van der Waals surface area (Å²) < 4.78 is 47.2. The zero-order chi connectivity index (χ0) is 24.3. The van der Waals surface area contributed by atoms with Crippen molar-refractivity contribution in [2.45, 2.75) is 44.9 Å². The maximum Gasteiger partial charge on any atom is 0.416 e. The number of aromatic hydroxyl groups is 1. The number of hydrogen-bond donors (Lipinski definition) is 2. The lowest BCUT2D eigenvalue weighted by molar-refractivity contribution is -0.137. The van der Waals surface area contributed by atoms with Crippen LogP contribution in [0.15, 0.2) is 60.7 Å². The Morgan fingerprint density at radius 2 is 1.53 bits per heavy atom. The van der Waals surface area contributed by atoms with Gasteiger partial charge in [-0.25, -0.2) is 0 Å². The minimum atomic E-state index is -4.47. The third-order valence-corrected chi connectivity index (χ3v) is 6.74. The monoisotopic (exact) mass is 469 g/mol. The molecule has 34 heavy (non-hydrogen) atoms. The first-order valence-corrected chi connectivity index (χ1v) is 11.5. The number of phenolic OH excluding ortho intramolecular Hbond substituents is 1. The molecule has 3 aromatic carbocycles. The van der Waals surface area contributed by atoms with E-state index in [-0.39, 0.29) is 17.8 Å². The van der Waals surface area contributed by atoms with Gasteiger partial charge >= 0.3 is 6.18 Å². The fourth-order valence-electron chi connectivity index (χ4n) is 4.81. The van der Waals surface area contributed by atoms with Crippen molar-refractivity contribution >= 4 is 0 Å². The van der Waals surface area contributed by atoms with Gasteiger partial charge in [0.1, 0.15) is 5.75 Å². The van der Waals surface area contributed by atoms with Crippen LogP contribution in [0.1, 0.15) is 40.7 Å². The van der Waals surface area contributed by atoms with Crippen LogP contribution >= 0.6 is 0 Å². The number of ether oxygens (including phenoxy) is 1. The summed E-state index contributed by atoms with van der Waals surface area (Å²) in [6, 6.07) is 17.7. The molecule has 0 atom stereocenters. The molecule has 1 aliphatic heterocycles. The quantitative estimate of drug-likeness (QED) is 0.431. The fraction of sp³-hybridized carbons (Fsp3) is 0.357. The van der Waals surface area contributed by atoms with E-state index in [0.717, 1.165) is 32.0 Å². The van der Waals surface area contributed by atoms with Gasteiger partial charge in [0, 0.05) is 5.41 Å². The maximum atomic E-state index is 13.7. The summed E-state index contributed by atoms with van der Waals surface area (Å²) in [6.45, 7) is 5.78. The molecule has 0 aromatic heterocycles. The van der Waals surface area contributed by atoms with Crippen LogP contribution in [0.2, 0.25) is 0 Å². The van der Waals surface area contributed by atoms with Gasteiger partial charge in [0.2, 0.25) is 0 Å². The molecule has 3 nitrogen and oxygen atoms in total. The zero-order valence-corrected chi connectivity index (χ0v) is 19.5. The largest absolute Gasteiger partial charge is 0.507 e. The van der Waals surface area contributed by atoms with Gasteiger partial charge in [-0.1, -0.05) is 30.3 Å². The van der Waals surface area contributed by atoms with Gasteiger partial charge < -0.3 is 15.2 Å². The topological polar surface area (TPSA) is 41.5 Å². The summed E-state index contributed by atoms with van der Waals surface area (Å²) in [5, 5.41) is 13.5. The smallest absolute Gasteiger partial charge is 0.416 e. The van der Waals surface area contributed by atoms with Crippen molar-refractivity contribution < 1.29 is 23.0 Å². The number of rotatable bonds is 6. The minimum absolute atomic E-state index is 0.0922. The second-order valence-electron chi connectivity index (χ2n) is 9.26. The number of benzene rings is 3. The Balaban J connectivity index is 1.61. The predicted molar refractivity (Wildman–Crippen MR) is 128 cm³/mol. The average Bonchev–Trinajstić information content (AvgIpc) is 2.82. The second kappa shape index (κ2) is 9.80. The number of halogens is 3. The molecule has 4 rings (SSSR count). The fourth-order valence-corrected chi connectivity index (χ4v) is 4.81. The van der Waals surface area contributed by atoms with Crippen molar-refractivity contribution in [1.82, 2.24) is 5.32 Å². The molecule has 6 heteroatoms. The summed E-state index contributed by atoms with van der Waals surface area (Å²) in [4.78, 5) is 0. The van der Waals surface area contributed by atoms with Gasteiger partial charge in [0.25, 0.3) is 0 Å². The van der Waals surface area contributed by atoms with Gasteiger partial charge in [0.15, 0.2) is 0 Å². The molecule has 0 spiro atoms. The van der Waals surface area contributed by atoms with E-state index in [1.807, 2.05) is 18.2 Å². The van der Waals surface area contributed by atoms with Crippen molar-refractivity contribution in [3.8, 4) is 16.9 Å². The van der Waals surface area contributed by atoms with E-state index in [2.05, 4.69) is 17.4 Å². The van der Waals surface area contributed by atoms with E-state index in [4.69, 9.17) is 4.74 Å². The van der Waals surface area contributed by atoms with E-state index < -0.39 is 11.7 Å². The van der Waals surface area contributed by atoms with E-state index in [0.29, 0.717) is 34.4 Å². The molecule has 0 radical (unpaired) electrons. The number of phenols is 1. The second-order valence-corrected chi connectivity index (χ2v) is 9.26. The molecule has 3 aromatic rings. The zero-order valence-electron chi connectivity index (χ0n) is 19.5. The number of aryl methyl sites for hydroxylation is 2. The minimum Gasteiger partial charge on any atom is -0.507 e. The molecule has 1 aliphatic rings. The van der Waals surface area contributed by atoms with Gasteiger partial charge in [-0.3, -0.25) is 0 Å². The van der Waals surface area contributed by atoms with Crippen molar-refractivity contribution in [2.75, 3.05) is 19.7 Å². The molecular weight excluding hydrogens is 439 g/mol. The molecule has 0 saturated carbocycles. The van der Waals surface area contributed by atoms with E-state index in [1.54, 1.807) is 32.0 Å². The Kier molecular flexibility index (Phi) is 7.01. The maximum absolute atomic E-state index is 13.7. The van der Waals surface area contributed by atoms with Crippen LogP contribution in [0.25, 0.3) is 11.1 Å². The molecule has 0 aliphatic carbocycles. The number of hydrogen-bond acceptors (Lipinski definition) is 3. The molecule has 0 bridgehead atoms. The first kappa shape index (κ1) is 24.3. The lowest BCUT2D eigenvalue weighted by Crippen LogP contribution is -2.43. The first-order chi connectivity index (χ1) is 16.2. The van der Waals surface area contributed by atoms with Crippen LogP contribution < -0.4 is 5.32 Å². The molecule has 1 heterocycles. The van der Waals surface area contributed by atoms with Crippen molar-refractivity contribution in [2.24, 2.45) is 0 Å². The highest BCUT2D eigenvalue weighted by molar-refractivity contribution is 5.68. The molecule has 180 valence electrons. The van der Waals surface area contributed by atoms with Crippen LogP contribution in [0.3, 0.4) is 0 Å². The molecule has 1 saturated heterocycles. The van der Waals surface area contributed by atoms with Crippen molar-refractivity contribution in [3.05, 3.63) is 88.5 Å². The van der Waals surface area contributed by atoms with E-state index in [1.165, 1.54) is 11.6 Å². The van der Waals surface area contributed by atoms with Crippen LogP contribution in [-0.2, 0) is 22.9 Å². The average molecular weight is 470 g/mol. The normalized spacial score (nSPS) is 15.9. The van der Waals surface area contributed by atoms with Crippen LogP contribution in [0, 0.1) is 13.8 Å². The van der Waals surface area contributed by atoms with Gasteiger partial charge in [-0.15, -0.1) is 0 Å². The first-order valence-electron chi connectivity index (χ1n) is 11.5. The summed E-state index contributed by atoms with van der Waals surface area (Å²) in [5.41, 5.74) is 3.18. The Bertz CT molecular complexity index is 1110. The van der Waals surface area contributed by atoms with Crippen LogP contribution in [0.4, 0.5) is 13.2 Å². The molecule has 1 fully saturated rings. The molecule has 0 amide bonds.